The van der Waals surface area contributed by atoms with Crippen LogP contribution in [0.1, 0.15) is 20.8 Å². The van der Waals surface area contributed by atoms with Crippen LogP contribution in [-0.2, 0) is 4.43 Å². The molecule has 0 aromatic carbocycles. The van der Waals surface area contributed by atoms with Crippen molar-refractivity contribution in [2.75, 3.05) is 13.2 Å². The van der Waals surface area contributed by atoms with E-state index in [1.165, 1.54) is 3.58 Å². The summed E-state index contributed by atoms with van der Waals surface area (Å²) in [7, 11) is -1.57. The van der Waals surface area contributed by atoms with Crippen LogP contribution in [0.4, 0.5) is 0 Å². The molecule has 0 heterocycles. The van der Waals surface area contributed by atoms with Crippen molar-refractivity contribution in [2.45, 2.75) is 38.9 Å². The molecule has 0 rings (SSSR count). The molecule has 14 heavy (non-hydrogen) atoms. The zero-order valence-corrected chi connectivity index (χ0v) is 13.0. The van der Waals surface area contributed by atoms with E-state index < -0.39 is 8.32 Å². The third-order valence-electron chi connectivity index (χ3n) is 2.75. The molecule has 0 aliphatic rings. The number of rotatable bonds is 4. The number of nitrogens with two attached hydrogens (primary N) is 1. The summed E-state index contributed by atoms with van der Waals surface area (Å²) in [6.45, 7) is 12.6. The van der Waals surface area contributed by atoms with Crippen molar-refractivity contribution in [3.05, 3.63) is 9.66 Å². The van der Waals surface area contributed by atoms with E-state index in [-0.39, 0.29) is 5.04 Å². The van der Waals surface area contributed by atoms with E-state index in [0.29, 0.717) is 13.2 Å². The lowest BCUT2D eigenvalue weighted by molar-refractivity contribution is 0.327. The Morgan fingerprint density at radius 2 is 1.93 bits per heavy atom. The number of halogens is 1. The molecule has 0 unspecified atom stereocenters. The van der Waals surface area contributed by atoms with E-state index >= 15 is 0 Å². The third-order valence-corrected chi connectivity index (χ3v) is 8.13. The van der Waals surface area contributed by atoms with Crippen LogP contribution in [0.5, 0.6) is 0 Å². The molecule has 0 spiro atoms. The van der Waals surface area contributed by atoms with Gasteiger partial charge in [-0.1, -0.05) is 20.8 Å². The van der Waals surface area contributed by atoms with Crippen LogP contribution in [0.2, 0.25) is 18.1 Å². The van der Waals surface area contributed by atoms with Crippen LogP contribution in [0.3, 0.4) is 0 Å². The van der Waals surface area contributed by atoms with Crippen molar-refractivity contribution >= 4 is 30.9 Å². The van der Waals surface area contributed by atoms with Gasteiger partial charge in [-0.05, 0) is 46.8 Å². The van der Waals surface area contributed by atoms with E-state index in [2.05, 4.69) is 62.5 Å². The van der Waals surface area contributed by atoms with E-state index in [0.717, 1.165) is 0 Å². The first-order valence-electron chi connectivity index (χ1n) is 4.89. The average Bonchev–Trinajstić information content (AvgIpc) is 2.01. The lowest BCUT2D eigenvalue weighted by Gasteiger charge is -2.35. The first-order valence-corrected chi connectivity index (χ1v) is 8.88. The monoisotopic (exact) mass is 327 g/mol. The summed E-state index contributed by atoms with van der Waals surface area (Å²) < 4.78 is 7.14. The van der Waals surface area contributed by atoms with Gasteiger partial charge in [-0.15, -0.1) is 0 Å². The van der Waals surface area contributed by atoms with Gasteiger partial charge in [0.1, 0.15) is 0 Å². The maximum absolute atomic E-state index is 5.97. The normalized spacial score (nSPS) is 14.6. The molecular formula is C10H22INOSi. The molecular weight excluding hydrogens is 305 g/mol. The second-order valence-corrected chi connectivity index (χ2v) is 11.1. The highest BCUT2D eigenvalue weighted by Gasteiger charge is 2.36. The topological polar surface area (TPSA) is 35.2 Å². The Labute approximate surface area is 103 Å². The molecule has 4 heteroatoms. The van der Waals surface area contributed by atoms with Gasteiger partial charge in [-0.2, -0.15) is 0 Å². The van der Waals surface area contributed by atoms with Crippen LogP contribution >= 0.6 is 22.6 Å². The highest BCUT2D eigenvalue weighted by Crippen LogP contribution is 2.36. The second-order valence-electron chi connectivity index (χ2n) is 4.93. The zero-order valence-electron chi connectivity index (χ0n) is 9.86. The largest absolute Gasteiger partial charge is 0.413 e. The molecule has 84 valence electrons. The summed E-state index contributed by atoms with van der Waals surface area (Å²) in [5, 5.41) is 0.287. The molecule has 0 fully saturated rings. The Hall–Kier alpha value is 0.607. The predicted molar refractivity (Wildman–Crippen MR) is 74.3 cm³/mol. The maximum Gasteiger partial charge on any atom is 0.192 e. The van der Waals surface area contributed by atoms with E-state index in [1.807, 2.05) is 0 Å². The quantitative estimate of drug-likeness (QED) is 0.635. The smallest absolute Gasteiger partial charge is 0.192 e. The summed E-state index contributed by atoms with van der Waals surface area (Å²) >= 11 is 2.25. The van der Waals surface area contributed by atoms with Crippen LogP contribution < -0.4 is 5.73 Å². The van der Waals surface area contributed by atoms with Gasteiger partial charge in [0.2, 0.25) is 0 Å². The van der Waals surface area contributed by atoms with Crippen LogP contribution in [0.25, 0.3) is 0 Å². The van der Waals surface area contributed by atoms with Gasteiger partial charge >= 0.3 is 0 Å². The van der Waals surface area contributed by atoms with Crippen molar-refractivity contribution in [1.82, 2.24) is 0 Å². The minimum absolute atomic E-state index is 0.287. The first-order chi connectivity index (χ1) is 6.20. The molecule has 0 aliphatic carbocycles. The molecule has 0 aromatic rings. The van der Waals surface area contributed by atoms with Crippen molar-refractivity contribution < 1.29 is 4.43 Å². The molecule has 2 nitrogen and oxygen atoms in total. The van der Waals surface area contributed by atoms with Gasteiger partial charge in [-0.25, -0.2) is 0 Å². The third kappa shape index (κ3) is 4.91. The molecule has 2 N–H and O–H groups in total. The Kier molecular flexibility index (Phi) is 5.87. The summed E-state index contributed by atoms with van der Waals surface area (Å²) in [5.41, 5.74) is 5.49. The Balaban J connectivity index is 4.14. The molecule has 0 radical (unpaired) electrons. The van der Waals surface area contributed by atoms with E-state index in [4.69, 9.17) is 10.2 Å². The minimum Gasteiger partial charge on any atom is -0.413 e. The summed E-state index contributed by atoms with van der Waals surface area (Å²) in [6.07, 6.45) is 2.07. The predicted octanol–water partition coefficient (Wildman–Crippen LogP) is 3.29. The van der Waals surface area contributed by atoms with Gasteiger partial charge in [0, 0.05) is 10.1 Å². The lowest BCUT2D eigenvalue weighted by Crippen LogP contribution is -2.40. The second kappa shape index (κ2) is 5.63. The molecule has 0 atom stereocenters. The Morgan fingerprint density at radius 1 is 1.43 bits per heavy atom. The van der Waals surface area contributed by atoms with Gasteiger partial charge in [0.05, 0.1) is 6.61 Å². The molecule has 0 amide bonds. The number of hydrogen-bond donors (Lipinski definition) is 1. The highest BCUT2D eigenvalue weighted by molar-refractivity contribution is 14.1. The van der Waals surface area contributed by atoms with Crippen molar-refractivity contribution in [1.29, 1.82) is 0 Å². The zero-order chi connectivity index (χ0) is 11.4. The molecule has 0 saturated carbocycles. The summed E-state index contributed by atoms with van der Waals surface area (Å²) in [6, 6.07) is 0. The fraction of sp³-hybridized carbons (Fsp3) is 0.800. The van der Waals surface area contributed by atoms with E-state index in [1.54, 1.807) is 0 Å². The van der Waals surface area contributed by atoms with Gasteiger partial charge < -0.3 is 10.2 Å². The van der Waals surface area contributed by atoms with E-state index in [9.17, 15) is 0 Å². The molecule has 0 saturated heterocycles. The maximum atomic E-state index is 5.97. The van der Waals surface area contributed by atoms with Crippen molar-refractivity contribution in [3.8, 4) is 0 Å². The standard InChI is InChI=1S/C10H22INOSi/c1-10(2,3)14(4,5)13-7-6-9(11)8-12/h6H,7-8,12H2,1-5H3/b9-6-. The molecule has 0 bridgehead atoms. The fourth-order valence-corrected chi connectivity index (χ4v) is 1.75. The SMILES string of the molecule is CC(C)(C)[Si](C)(C)OC/C=C(\I)CN. The van der Waals surface area contributed by atoms with Crippen molar-refractivity contribution in [3.63, 3.8) is 0 Å². The van der Waals surface area contributed by atoms with Gasteiger partial charge in [0.15, 0.2) is 8.32 Å². The fourth-order valence-electron chi connectivity index (χ4n) is 0.640. The Morgan fingerprint density at radius 3 is 2.29 bits per heavy atom. The van der Waals surface area contributed by atoms with Crippen LogP contribution in [0, 0.1) is 0 Å². The molecule has 0 aromatic heterocycles. The summed E-state index contributed by atoms with van der Waals surface area (Å²) in [4.78, 5) is 0. The highest BCUT2D eigenvalue weighted by atomic mass is 127. The molecule has 0 aliphatic heterocycles. The first kappa shape index (κ1) is 14.6. The minimum atomic E-state index is -1.57. The Bertz CT molecular complexity index is 209. The average molecular weight is 327 g/mol. The van der Waals surface area contributed by atoms with Crippen LogP contribution in [0.15, 0.2) is 9.66 Å². The number of hydrogen-bond acceptors (Lipinski definition) is 2. The van der Waals surface area contributed by atoms with Crippen molar-refractivity contribution in [2.24, 2.45) is 5.73 Å². The van der Waals surface area contributed by atoms with Crippen LogP contribution in [-0.4, -0.2) is 21.5 Å². The summed E-state index contributed by atoms with van der Waals surface area (Å²) in [5.74, 6) is 0. The lowest BCUT2D eigenvalue weighted by atomic mass is 10.2. The van der Waals surface area contributed by atoms with Gasteiger partial charge in [-0.3, -0.25) is 0 Å². The van der Waals surface area contributed by atoms with Gasteiger partial charge in [0.25, 0.3) is 0 Å².